The van der Waals surface area contributed by atoms with E-state index in [9.17, 15) is 9.59 Å². The number of amides is 1. The van der Waals surface area contributed by atoms with Crippen LogP contribution in [0.25, 0.3) is 0 Å². The molecule has 0 unspecified atom stereocenters. The van der Waals surface area contributed by atoms with E-state index in [0.29, 0.717) is 24.7 Å². The number of H-pyrrole nitrogens is 1. The first-order valence-corrected chi connectivity index (χ1v) is 7.33. The summed E-state index contributed by atoms with van der Waals surface area (Å²) in [5.74, 6) is -0.0799. The highest BCUT2D eigenvalue weighted by Gasteiger charge is 2.21. The van der Waals surface area contributed by atoms with Gasteiger partial charge in [0.2, 0.25) is 5.91 Å². The Kier molecular flexibility index (Phi) is 6.31. The van der Waals surface area contributed by atoms with E-state index in [2.05, 4.69) is 10.2 Å². The Bertz CT molecular complexity index is 545. The first-order chi connectivity index (χ1) is 9.51. The first-order valence-electron chi connectivity index (χ1n) is 6.45. The minimum absolute atomic E-state index is 0.0799. The zero-order valence-electron chi connectivity index (χ0n) is 11.9. The molecule has 0 fully saturated rings. The molecule has 0 aliphatic carbocycles. The van der Waals surface area contributed by atoms with E-state index in [4.69, 9.17) is 5.26 Å². The molecule has 0 spiro atoms. The summed E-state index contributed by atoms with van der Waals surface area (Å²) in [6.07, 6.45) is 1.12. The Hall–Kier alpha value is -1.75. The second-order valence-corrected chi connectivity index (χ2v) is 5.70. The molecule has 20 heavy (non-hydrogen) atoms. The van der Waals surface area contributed by atoms with Crippen LogP contribution in [0.15, 0.2) is 9.95 Å². The fourth-order valence-electron chi connectivity index (χ4n) is 1.66. The van der Waals surface area contributed by atoms with Crippen molar-refractivity contribution < 1.29 is 4.79 Å². The summed E-state index contributed by atoms with van der Waals surface area (Å²) in [7, 11) is 1.67. The Labute approximate surface area is 122 Å². The molecule has 0 bridgehead atoms. The summed E-state index contributed by atoms with van der Waals surface area (Å²) < 4.78 is 1.53. The maximum Gasteiger partial charge on any atom is 0.343 e. The number of thioether (sulfide) groups is 1. The van der Waals surface area contributed by atoms with Crippen LogP contribution in [0, 0.1) is 11.3 Å². The van der Waals surface area contributed by atoms with Gasteiger partial charge in [-0.15, -0.1) is 5.10 Å². The maximum absolute atomic E-state index is 12.1. The number of rotatable bonds is 7. The lowest BCUT2D eigenvalue weighted by Gasteiger charge is -2.19. The van der Waals surface area contributed by atoms with Crippen molar-refractivity contribution in [1.82, 2.24) is 19.7 Å². The SMILES string of the molecule is CCCn1c(S[C@H](C)C(=O)N(C)CCC#N)n[nH]c1=O. The predicted molar refractivity (Wildman–Crippen MR) is 76.3 cm³/mol. The minimum atomic E-state index is -0.357. The number of nitriles is 1. The topological polar surface area (TPSA) is 94.8 Å². The summed E-state index contributed by atoms with van der Waals surface area (Å²) in [6, 6.07) is 2.01. The van der Waals surface area contributed by atoms with Gasteiger partial charge in [0.15, 0.2) is 5.16 Å². The molecule has 1 rings (SSSR count). The predicted octanol–water partition coefficient (Wildman–Crippen LogP) is 0.834. The van der Waals surface area contributed by atoms with Crippen LogP contribution in [-0.4, -0.2) is 44.4 Å². The molecular formula is C12H19N5O2S. The number of nitrogens with one attached hydrogen (secondary N) is 1. The van der Waals surface area contributed by atoms with Gasteiger partial charge in [0.05, 0.1) is 17.7 Å². The lowest BCUT2D eigenvalue weighted by atomic mass is 10.3. The third-order valence-electron chi connectivity index (χ3n) is 2.74. The van der Waals surface area contributed by atoms with Gasteiger partial charge in [-0.1, -0.05) is 18.7 Å². The van der Waals surface area contributed by atoms with Crippen molar-refractivity contribution in [2.75, 3.05) is 13.6 Å². The zero-order chi connectivity index (χ0) is 15.1. The second-order valence-electron chi connectivity index (χ2n) is 4.39. The molecule has 1 heterocycles. The summed E-state index contributed by atoms with van der Waals surface area (Å²) in [6.45, 7) is 4.72. The summed E-state index contributed by atoms with van der Waals surface area (Å²) in [5.41, 5.74) is -0.258. The van der Waals surface area contributed by atoms with E-state index in [1.54, 1.807) is 14.0 Å². The van der Waals surface area contributed by atoms with Crippen molar-refractivity contribution in [3.8, 4) is 6.07 Å². The van der Waals surface area contributed by atoms with Crippen molar-refractivity contribution in [3.63, 3.8) is 0 Å². The quantitative estimate of drug-likeness (QED) is 0.752. The highest BCUT2D eigenvalue weighted by molar-refractivity contribution is 8.00. The molecule has 8 heteroatoms. The average Bonchev–Trinajstić information content (AvgIpc) is 2.77. The number of aromatic nitrogens is 3. The van der Waals surface area contributed by atoms with Crippen LogP contribution in [0.1, 0.15) is 26.7 Å². The van der Waals surface area contributed by atoms with Gasteiger partial charge < -0.3 is 4.90 Å². The molecule has 1 N–H and O–H groups in total. The Balaban J connectivity index is 2.71. The monoisotopic (exact) mass is 297 g/mol. The van der Waals surface area contributed by atoms with Gasteiger partial charge in [0, 0.05) is 20.1 Å². The Morgan fingerprint density at radius 2 is 2.35 bits per heavy atom. The Morgan fingerprint density at radius 1 is 1.65 bits per heavy atom. The number of aromatic amines is 1. The van der Waals surface area contributed by atoms with Gasteiger partial charge in [-0.3, -0.25) is 9.36 Å². The third kappa shape index (κ3) is 4.13. The van der Waals surface area contributed by atoms with Gasteiger partial charge in [-0.2, -0.15) is 5.26 Å². The molecule has 0 radical (unpaired) electrons. The molecule has 0 aromatic carbocycles. The summed E-state index contributed by atoms with van der Waals surface area (Å²) >= 11 is 1.25. The first kappa shape index (κ1) is 16.3. The van der Waals surface area contributed by atoms with E-state index in [-0.39, 0.29) is 16.8 Å². The molecular weight excluding hydrogens is 278 g/mol. The summed E-state index contributed by atoms with van der Waals surface area (Å²) in [4.78, 5) is 25.2. The smallest absolute Gasteiger partial charge is 0.343 e. The normalized spacial score (nSPS) is 11.9. The standard InChI is InChI=1S/C12H19N5O2S/c1-4-7-17-11(19)14-15-12(17)20-9(2)10(18)16(3)8-5-6-13/h9H,4-5,7-8H2,1-3H3,(H,14,19)/t9-/m1/s1. The highest BCUT2D eigenvalue weighted by Crippen LogP contribution is 2.21. The zero-order valence-corrected chi connectivity index (χ0v) is 12.7. The molecule has 1 aromatic heterocycles. The fraction of sp³-hybridized carbons (Fsp3) is 0.667. The van der Waals surface area contributed by atoms with Crippen LogP contribution >= 0.6 is 11.8 Å². The average molecular weight is 297 g/mol. The second kappa shape index (κ2) is 7.75. The van der Waals surface area contributed by atoms with Crippen molar-refractivity contribution in [3.05, 3.63) is 10.5 Å². The van der Waals surface area contributed by atoms with Crippen LogP contribution in [-0.2, 0) is 11.3 Å². The lowest BCUT2D eigenvalue weighted by molar-refractivity contribution is -0.128. The van der Waals surface area contributed by atoms with Crippen LogP contribution in [0.5, 0.6) is 0 Å². The van der Waals surface area contributed by atoms with E-state index in [0.717, 1.165) is 6.42 Å². The van der Waals surface area contributed by atoms with Crippen LogP contribution < -0.4 is 5.69 Å². The van der Waals surface area contributed by atoms with Crippen molar-refractivity contribution >= 4 is 17.7 Å². The van der Waals surface area contributed by atoms with E-state index >= 15 is 0 Å². The molecule has 110 valence electrons. The molecule has 0 saturated heterocycles. The largest absolute Gasteiger partial charge is 0.344 e. The number of carbonyl (C=O) groups excluding carboxylic acids is 1. The van der Waals surface area contributed by atoms with Gasteiger partial charge in [0.1, 0.15) is 0 Å². The summed E-state index contributed by atoms with van der Waals surface area (Å²) in [5, 5.41) is 15.0. The number of hydrogen-bond acceptors (Lipinski definition) is 5. The van der Waals surface area contributed by atoms with Crippen LogP contribution in [0.3, 0.4) is 0 Å². The van der Waals surface area contributed by atoms with Gasteiger partial charge in [-0.05, 0) is 13.3 Å². The van der Waals surface area contributed by atoms with E-state index < -0.39 is 0 Å². The Morgan fingerprint density at radius 3 is 2.95 bits per heavy atom. The lowest BCUT2D eigenvalue weighted by Crippen LogP contribution is -2.34. The molecule has 0 aliphatic rings. The molecule has 0 saturated carbocycles. The number of hydrogen-bond donors (Lipinski definition) is 1. The fourth-order valence-corrected chi connectivity index (χ4v) is 2.66. The van der Waals surface area contributed by atoms with Crippen LogP contribution in [0.2, 0.25) is 0 Å². The van der Waals surface area contributed by atoms with Gasteiger partial charge in [0.25, 0.3) is 0 Å². The highest BCUT2D eigenvalue weighted by atomic mass is 32.2. The van der Waals surface area contributed by atoms with Crippen molar-refractivity contribution in [1.29, 1.82) is 5.26 Å². The molecule has 1 aromatic rings. The van der Waals surface area contributed by atoms with E-state index in [1.807, 2.05) is 13.0 Å². The van der Waals surface area contributed by atoms with Crippen molar-refractivity contribution in [2.24, 2.45) is 0 Å². The molecule has 7 nitrogen and oxygen atoms in total. The third-order valence-corrected chi connectivity index (χ3v) is 3.81. The van der Waals surface area contributed by atoms with Gasteiger partial charge in [-0.25, -0.2) is 9.89 Å². The molecule has 1 atom stereocenters. The number of nitrogens with zero attached hydrogens (tertiary/aromatic N) is 4. The van der Waals surface area contributed by atoms with Crippen molar-refractivity contribution in [2.45, 2.75) is 43.6 Å². The molecule has 0 aliphatic heterocycles. The van der Waals surface area contributed by atoms with Gasteiger partial charge >= 0.3 is 5.69 Å². The van der Waals surface area contributed by atoms with E-state index in [1.165, 1.54) is 21.2 Å². The minimum Gasteiger partial charge on any atom is -0.344 e. The molecule has 1 amide bonds. The number of carbonyl (C=O) groups is 1. The maximum atomic E-state index is 12.1. The van der Waals surface area contributed by atoms with Crippen LogP contribution in [0.4, 0.5) is 0 Å².